The molecule has 0 fully saturated rings. The Kier molecular flexibility index (Phi) is 4.12. The number of rotatable bonds is 3. The van der Waals surface area contributed by atoms with E-state index < -0.39 is 28.3 Å². The van der Waals surface area contributed by atoms with E-state index in [1.54, 1.807) is 0 Å². The number of carbonyl (C=O) groups excluding carboxylic acids is 1. The molecule has 120 valence electrons. The van der Waals surface area contributed by atoms with Crippen molar-refractivity contribution >= 4 is 23.1 Å². The van der Waals surface area contributed by atoms with Gasteiger partial charge >= 0.3 is 11.9 Å². The first kappa shape index (κ1) is 16.1. The fraction of sp³-hybridized carbons (Fsp3) is 0.0833. The van der Waals surface area contributed by atoms with Crippen LogP contribution in [0.15, 0.2) is 30.6 Å². The Balaban J connectivity index is 2.23. The number of amides is 1. The molecule has 1 amide bonds. The van der Waals surface area contributed by atoms with Crippen LogP contribution in [0.2, 0.25) is 0 Å². The fourth-order valence-electron chi connectivity index (χ4n) is 1.60. The molecule has 0 saturated carbocycles. The quantitative estimate of drug-likeness (QED) is 0.658. The molecule has 2 rings (SSSR count). The number of nitrogens with two attached hydrogens (primary N) is 1. The maximum Gasteiger partial charge on any atom is 0.416 e. The third-order valence-electron chi connectivity index (χ3n) is 2.67. The van der Waals surface area contributed by atoms with Crippen molar-refractivity contribution < 1.29 is 22.9 Å². The number of alkyl halides is 3. The van der Waals surface area contributed by atoms with Crippen molar-refractivity contribution in [2.75, 3.05) is 11.1 Å². The molecular formula is C12H8F3N5O3. The molecule has 3 N–H and O–H groups in total. The minimum absolute atomic E-state index is 0.299. The Labute approximate surface area is 126 Å². The van der Waals surface area contributed by atoms with Gasteiger partial charge in [0.15, 0.2) is 0 Å². The van der Waals surface area contributed by atoms with E-state index >= 15 is 0 Å². The van der Waals surface area contributed by atoms with Gasteiger partial charge in [0.2, 0.25) is 0 Å². The summed E-state index contributed by atoms with van der Waals surface area (Å²) in [5.74, 6) is -1.25. The van der Waals surface area contributed by atoms with E-state index in [1.165, 1.54) is 0 Å². The summed E-state index contributed by atoms with van der Waals surface area (Å²) in [5.41, 5.74) is 3.34. The average Bonchev–Trinajstić information content (AvgIpc) is 2.46. The van der Waals surface area contributed by atoms with Crippen LogP contribution in [0.5, 0.6) is 0 Å². The highest BCUT2D eigenvalue weighted by atomic mass is 19.4. The number of halogens is 3. The lowest BCUT2D eigenvalue weighted by atomic mass is 10.2. The largest absolute Gasteiger partial charge is 0.416 e. The van der Waals surface area contributed by atoms with Crippen molar-refractivity contribution in [3.63, 3.8) is 0 Å². The third kappa shape index (κ3) is 3.70. The standard InChI is InChI=1S/C12H8F3N5O3/c13-12(14,15)6-1-2-17-10(3-6)19-11(21)8-4-7(16)9(5-18-8)20(22)23/h1-5H,(H2,16,18)(H,17,19,21). The Bertz CT molecular complexity index is 779. The summed E-state index contributed by atoms with van der Waals surface area (Å²) in [6.45, 7) is 0. The minimum Gasteiger partial charge on any atom is -0.393 e. The zero-order valence-electron chi connectivity index (χ0n) is 11.2. The summed E-state index contributed by atoms with van der Waals surface area (Å²) >= 11 is 0. The van der Waals surface area contributed by atoms with Gasteiger partial charge < -0.3 is 11.1 Å². The average molecular weight is 327 g/mol. The first-order valence-electron chi connectivity index (χ1n) is 5.93. The van der Waals surface area contributed by atoms with Crippen LogP contribution in [-0.4, -0.2) is 20.8 Å². The van der Waals surface area contributed by atoms with E-state index in [2.05, 4.69) is 15.3 Å². The van der Waals surface area contributed by atoms with Gasteiger partial charge in [0.05, 0.1) is 10.5 Å². The topological polar surface area (TPSA) is 124 Å². The molecule has 0 saturated heterocycles. The van der Waals surface area contributed by atoms with Crippen LogP contribution in [0.4, 0.5) is 30.4 Å². The molecule has 0 radical (unpaired) electrons. The second-order valence-electron chi connectivity index (χ2n) is 4.27. The summed E-state index contributed by atoms with van der Waals surface area (Å²) in [6, 6.07) is 2.34. The highest BCUT2D eigenvalue weighted by Crippen LogP contribution is 2.30. The molecule has 0 aliphatic heterocycles. The number of hydrogen-bond acceptors (Lipinski definition) is 6. The number of carbonyl (C=O) groups is 1. The van der Waals surface area contributed by atoms with E-state index in [-0.39, 0.29) is 17.2 Å². The van der Waals surface area contributed by atoms with Crippen LogP contribution in [-0.2, 0) is 6.18 Å². The van der Waals surface area contributed by atoms with Crippen molar-refractivity contribution in [3.05, 3.63) is 52.0 Å². The van der Waals surface area contributed by atoms with Gasteiger partial charge in [0.25, 0.3) is 5.91 Å². The summed E-state index contributed by atoms with van der Waals surface area (Å²) in [4.78, 5) is 28.8. The number of nitrogens with zero attached hydrogens (tertiary/aromatic N) is 3. The summed E-state index contributed by atoms with van der Waals surface area (Å²) in [7, 11) is 0. The lowest BCUT2D eigenvalue weighted by Crippen LogP contribution is -2.16. The fourth-order valence-corrected chi connectivity index (χ4v) is 1.60. The predicted molar refractivity (Wildman–Crippen MR) is 72.5 cm³/mol. The van der Waals surface area contributed by atoms with Gasteiger partial charge in [-0.25, -0.2) is 9.97 Å². The minimum atomic E-state index is -4.58. The third-order valence-corrected chi connectivity index (χ3v) is 2.67. The van der Waals surface area contributed by atoms with E-state index in [4.69, 9.17) is 5.73 Å². The molecule has 2 heterocycles. The highest BCUT2D eigenvalue weighted by molar-refractivity contribution is 6.03. The molecule has 2 aromatic heterocycles. The Morgan fingerprint density at radius 3 is 2.57 bits per heavy atom. The second-order valence-corrected chi connectivity index (χ2v) is 4.27. The van der Waals surface area contributed by atoms with Crippen molar-refractivity contribution in [2.45, 2.75) is 6.18 Å². The van der Waals surface area contributed by atoms with Crippen LogP contribution in [0.25, 0.3) is 0 Å². The SMILES string of the molecule is Nc1cc(C(=O)Nc2cc(C(F)(F)F)ccn2)ncc1[N+](=O)[O-]. The first-order chi connectivity index (χ1) is 10.7. The molecule has 0 spiro atoms. The molecular weight excluding hydrogens is 319 g/mol. The molecule has 0 atom stereocenters. The lowest BCUT2D eigenvalue weighted by molar-refractivity contribution is -0.384. The molecule has 8 nitrogen and oxygen atoms in total. The van der Waals surface area contributed by atoms with Crippen molar-refractivity contribution in [1.29, 1.82) is 0 Å². The smallest absolute Gasteiger partial charge is 0.393 e. The van der Waals surface area contributed by atoms with Gasteiger partial charge in [-0.1, -0.05) is 0 Å². The van der Waals surface area contributed by atoms with Crippen LogP contribution in [0.3, 0.4) is 0 Å². The molecule has 0 bridgehead atoms. The lowest BCUT2D eigenvalue weighted by Gasteiger charge is -2.09. The normalized spacial score (nSPS) is 11.1. The van der Waals surface area contributed by atoms with Gasteiger partial charge in [0.1, 0.15) is 23.4 Å². The van der Waals surface area contributed by atoms with E-state index in [9.17, 15) is 28.1 Å². The maximum atomic E-state index is 12.6. The second kappa shape index (κ2) is 5.87. The number of pyridine rings is 2. The maximum absolute atomic E-state index is 12.6. The Morgan fingerprint density at radius 2 is 2.00 bits per heavy atom. The van der Waals surface area contributed by atoms with Crippen LogP contribution in [0, 0.1) is 10.1 Å². The van der Waals surface area contributed by atoms with E-state index in [1.807, 2.05) is 0 Å². The highest BCUT2D eigenvalue weighted by Gasteiger charge is 2.31. The molecule has 0 aliphatic carbocycles. The number of nitrogen functional groups attached to an aromatic ring is 1. The van der Waals surface area contributed by atoms with Crippen LogP contribution < -0.4 is 11.1 Å². The van der Waals surface area contributed by atoms with Gasteiger partial charge in [-0.05, 0) is 18.2 Å². The number of nitro groups is 1. The summed E-state index contributed by atoms with van der Waals surface area (Å²) in [5, 5.41) is 12.7. The van der Waals surface area contributed by atoms with Gasteiger partial charge in [-0.2, -0.15) is 13.2 Å². The van der Waals surface area contributed by atoms with Crippen molar-refractivity contribution in [3.8, 4) is 0 Å². The molecule has 11 heteroatoms. The zero-order chi connectivity index (χ0) is 17.2. The molecule has 0 unspecified atom stereocenters. The van der Waals surface area contributed by atoms with Crippen LogP contribution >= 0.6 is 0 Å². The van der Waals surface area contributed by atoms with Crippen molar-refractivity contribution in [2.24, 2.45) is 0 Å². The van der Waals surface area contributed by atoms with Gasteiger partial charge in [-0.15, -0.1) is 0 Å². The molecule has 0 aromatic carbocycles. The van der Waals surface area contributed by atoms with Gasteiger partial charge in [-0.3, -0.25) is 14.9 Å². The molecule has 23 heavy (non-hydrogen) atoms. The zero-order valence-corrected chi connectivity index (χ0v) is 11.2. The number of nitrogens with one attached hydrogen (secondary N) is 1. The number of aromatic nitrogens is 2. The Hall–Kier alpha value is -3.24. The molecule has 2 aromatic rings. The summed E-state index contributed by atoms with van der Waals surface area (Å²) < 4.78 is 37.7. The Morgan fingerprint density at radius 1 is 1.30 bits per heavy atom. The summed E-state index contributed by atoms with van der Waals surface area (Å²) in [6.07, 6.45) is -2.92. The van der Waals surface area contributed by atoms with E-state index in [0.717, 1.165) is 24.5 Å². The number of anilines is 2. The van der Waals surface area contributed by atoms with Gasteiger partial charge in [0, 0.05) is 6.20 Å². The monoisotopic (exact) mass is 327 g/mol. The van der Waals surface area contributed by atoms with Crippen molar-refractivity contribution in [1.82, 2.24) is 9.97 Å². The first-order valence-corrected chi connectivity index (χ1v) is 5.93. The predicted octanol–water partition coefficient (Wildman–Crippen LogP) is 2.24. The number of hydrogen-bond donors (Lipinski definition) is 2. The van der Waals surface area contributed by atoms with Crippen LogP contribution in [0.1, 0.15) is 16.1 Å². The van der Waals surface area contributed by atoms with E-state index in [0.29, 0.717) is 6.07 Å². The molecule has 0 aliphatic rings.